The molecule has 3 rings (SSSR count). The van der Waals surface area contributed by atoms with Gasteiger partial charge in [0, 0.05) is 30.8 Å². The van der Waals surface area contributed by atoms with Crippen LogP contribution < -0.4 is 11.1 Å². The third kappa shape index (κ3) is 3.54. The van der Waals surface area contributed by atoms with Crippen LogP contribution in [-0.2, 0) is 0 Å². The molecule has 0 saturated carbocycles. The molecule has 1 amide bonds. The van der Waals surface area contributed by atoms with Crippen LogP contribution in [-0.4, -0.2) is 46.0 Å². The van der Waals surface area contributed by atoms with Crippen LogP contribution >= 0.6 is 0 Å². The lowest BCUT2D eigenvalue weighted by Crippen LogP contribution is -2.52. The van der Waals surface area contributed by atoms with Crippen LogP contribution in [0.2, 0.25) is 0 Å². The smallest absolute Gasteiger partial charge is 0.337 e. The zero-order valence-corrected chi connectivity index (χ0v) is 14.5. The summed E-state index contributed by atoms with van der Waals surface area (Å²) in [5.41, 5.74) is -5.46. The molecule has 0 atom stereocenters. The molecule has 0 radical (unpaired) electrons. The van der Waals surface area contributed by atoms with Gasteiger partial charge >= 0.3 is 12.4 Å². The van der Waals surface area contributed by atoms with Crippen molar-refractivity contribution in [1.82, 2.24) is 14.7 Å². The molecule has 1 aliphatic heterocycles. The lowest BCUT2D eigenvalue weighted by atomic mass is 9.85. The van der Waals surface area contributed by atoms with Gasteiger partial charge in [0.25, 0.3) is 17.0 Å². The van der Waals surface area contributed by atoms with E-state index in [1.165, 1.54) is 18.2 Å². The van der Waals surface area contributed by atoms with Crippen molar-refractivity contribution in [3.63, 3.8) is 0 Å². The van der Waals surface area contributed by atoms with Gasteiger partial charge in [-0.3, -0.25) is 19.5 Å². The average molecular weight is 421 g/mol. The van der Waals surface area contributed by atoms with Crippen molar-refractivity contribution in [3.05, 3.63) is 62.7 Å². The molecule has 1 aliphatic rings. The van der Waals surface area contributed by atoms with Gasteiger partial charge in [0.2, 0.25) is 0 Å². The number of nitrogens with one attached hydrogen (secondary N) is 1. The summed E-state index contributed by atoms with van der Waals surface area (Å²) in [6.45, 7) is -2.28. The third-order valence-corrected chi connectivity index (χ3v) is 4.81. The topological polar surface area (TPSA) is 75.2 Å². The summed E-state index contributed by atoms with van der Waals surface area (Å²) in [5, 5.41) is 2.21. The first-order chi connectivity index (χ1) is 13.4. The number of amides is 1. The second-order valence-corrected chi connectivity index (χ2v) is 6.59. The maximum absolute atomic E-state index is 13.2. The molecule has 1 aromatic heterocycles. The second kappa shape index (κ2) is 6.78. The van der Waals surface area contributed by atoms with Gasteiger partial charge in [0.15, 0.2) is 5.41 Å². The highest BCUT2D eigenvalue weighted by molar-refractivity contribution is 5.95. The lowest BCUT2D eigenvalue weighted by Gasteiger charge is -2.33. The first-order valence-electron chi connectivity index (χ1n) is 8.21. The van der Waals surface area contributed by atoms with E-state index < -0.39 is 54.3 Å². The summed E-state index contributed by atoms with van der Waals surface area (Å²) in [4.78, 5) is 36.3. The molecule has 156 valence electrons. The van der Waals surface area contributed by atoms with Crippen LogP contribution in [0.3, 0.4) is 0 Å². The minimum absolute atomic E-state index is 0.0238. The van der Waals surface area contributed by atoms with Crippen LogP contribution in [0.1, 0.15) is 16.8 Å². The highest BCUT2D eigenvalue weighted by atomic mass is 19.4. The van der Waals surface area contributed by atoms with Crippen molar-refractivity contribution in [2.45, 2.75) is 18.8 Å². The summed E-state index contributed by atoms with van der Waals surface area (Å²) in [6.07, 6.45) is -12.4. The first-order valence-corrected chi connectivity index (χ1v) is 8.21. The van der Waals surface area contributed by atoms with Crippen LogP contribution in [0, 0.1) is 5.41 Å². The Labute approximate surface area is 158 Å². The highest BCUT2D eigenvalue weighted by Gasteiger charge is 2.72. The van der Waals surface area contributed by atoms with E-state index in [-0.39, 0.29) is 11.3 Å². The zero-order chi connectivity index (χ0) is 21.6. The van der Waals surface area contributed by atoms with Crippen LogP contribution in [0.5, 0.6) is 0 Å². The number of hydrogen-bond acceptors (Lipinski definition) is 3. The number of carbonyl (C=O) groups excluding carboxylic acids is 1. The van der Waals surface area contributed by atoms with Gasteiger partial charge in [-0.05, 0) is 24.6 Å². The minimum atomic E-state index is -5.57. The fraction of sp³-hybridized carbons (Fsp3) is 0.353. The number of carbonyl (C=O) groups is 1. The summed E-state index contributed by atoms with van der Waals surface area (Å²) >= 11 is 0. The molecule has 0 bridgehead atoms. The largest absolute Gasteiger partial charge is 0.404 e. The van der Waals surface area contributed by atoms with E-state index in [1.54, 1.807) is 0 Å². The van der Waals surface area contributed by atoms with E-state index in [2.05, 4.69) is 5.10 Å². The normalized spacial score (nSPS) is 16.8. The number of rotatable bonds is 2. The van der Waals surface area contributed by atoms with E-state index in [9.17, 15) is 40.7 Å². The van der Waals surface area contributed by atoms with Crippen molar-refractivity contribution in [2.24, 2.45) is 5.41 Å². The average Bonchev–Trinajstić information content (AvgIpc) is 3.10. The molecule has 0 spiro atoms. The van der Waals surface area contributed by atoms with E-state index in [0.717, 1.165) is 22.9 Å². The number of halogens is 6. The Morgan fingerprint density at radius 2 is 1.66 bits per heavy atom. The van der Waals surface area contributed by atoms with Crippen molar-refractivity contribution < 1.29 is 31.1 Å². The SMILES string of the molecule is O=C(c1cccc(-n2[nH]c(=O)ccc2=O)c1)N1CCC(C(F)(F)F)(C(F)(F)F)C1. The van der Waals surface area contributed by atoms with Gasteiger partial charge in [0.05, 0.1) is 5.69 Å². The maximum Gasteiger partial charge on any atom is 0.404 e. The first kappa shape index (κ1) is 20.7. The summed E-state index contributed by atoms with van der Waals surface area (Å²) in [7, 11) is 0. The number of hydrogen-bond donors (Lipinski definition) is 1. The monoisotopic (exact) mass is 421 g/mol. The molecule has 2 aromatic rings. The fourth-order valence-electron chi connectivity index (χ4n) is 3.18. The number of alkyl halides is 6. The predicted molar refractivity (Wildman–Crippen MR) is 87.7 cm³/mol. The third-order valence-electron chi connectivity index (χ3n) is 4.81. The molecule has 0 aliphatic carbocycles. The van der Waals surface area contributed by atoms with Gasteiger partial charge in [-0.2, -0.15) is 26.3 Å². The molecule has 12 heteroatoms. The quantitative estimate of drug-likeness (QED) is 0.758. The molecule has 1 N–H and O–H groups in total. The second-order valence-electron chi connectivity index (χ2n) is 6.59. The molecule has 2 heterocycles. The molecular weight excluding hydrogens is 408 g/mol. The minimum Gasteiger partial charge on any atom is -0.337 e. The standard InChI is InChI=1S/C17H13F6N3O3/c18-16(19,20)15(17(21,22)23)6-7-25(9-15)14(29)10-2-1-3-11(8-10)26-13(28)5-4-12(27)24-26/h1-5,8H,6-7,9H2,(H,24,27). The van der Waals surface area contributed by atoms with Crippen molar-refractivity contribution in [3.8, 4) is 5.69 Å². The van der Waals surface area contributed by atoms with E-state index in [4.69, 9.17) is 0 Å². The van der Waals surface area contributed by atoms with Crippen LogP contribution in [0.4, 0.5) is 26.3 Å². The van der Waals surface area contributed by atoms with Gasteiger partial charge in [-0.15, -0.1) is 0 Å². The molecular formula is C17H13F6N3O3. The predicted octanol–water partition coefficient (Wildman–Crippen LogP) is 2.48. The summed E-state index contributed by atoms with van der Waals surface area (Å²) in [6, 6.07) is 6.87. The fourth-order valence-corrected chi connectivity index (χ4v) is 3.18. The Hall–Kier alpha value is -3.05. The Balaban J connectivity index is 1.94. The maximum atomic E-state index is 13.2. The van der Waals surface area contributed by atoms with Crippen LogP contribution in [0.25, 0.3) is 5.69 Å². The summed E-state index contributed by atoms with van der Waals surface area (Å²) in [5.74, 6) is -1.05. The van der Waals surface area contributed by atoms with Crippen LogP contribution in [0.15, 0.2) is 46.0 Å². The Morgan fingerprint density at radius 1 is 1.00 bits per heavy atom. The number of aromatic nitrogens is 2. The Kier molecular flexibility index (Phi) is 4.83. The molecule has 6 nitrogen and oxygen atoms in total. The van der Waals surface area contributed by atoms with Crippen molar-refractivity contribution in [2.75, 3.05) is 13.1 Å². The molecule has 1 aromatic carbocycles. The molecule has 1 saturated heterocycles. The molecule has 1 fully saturated rings. The number of nitrogens with zero attached hydrogens (tertiary/aromatic N) is 2. The van der Waals surface area contributed by atoms with Gasteiger partial charge in [-0.1, -0.05) is 6.07 Å². The van der Waals surface area contributed by atoms with E-state index in [1.807, 2.05) is 0 Å². The molecule has 0 unspecified atom stereocenters. The van der Waals surface area contributed by atoms with Gasteiger partial charge < -0.3 is 4.90 Å². The number of benzene rings is 1. The lowest BCUT2D eigenvalue weighted by molar-refractivity contribution is -0.334. The number of H-pyrrole nitrogens is 1. The number of likely N-dealkylation sites (tertiary alicyclic amines) is 1. The van der Waals surface area contributed by atoms with Gasteiger partial charge in [-0.25, -0.2) is 4.68 Å². The zero-order valence-electron chi connectivity index (χ0n) is 14.5. The number of aromatic amines is 1. The summed E-state index contributed by atoms with van der Waals surface area (Å²) < 4.78 is 79.9. The highest BCUT2D eigenvalue weighted by Crippen LogP contribution is 2.55. The van der Waals surface area contributed by atoms with Crippen molar-refractivity contribution >= 4 is 5.91 Å². The van der Waals surface area contributed by atoms with Gasteiger partial charge in [0.1, 0.15) is 0 Å². The van der Waals surface area contributed by atoms with Crippen molar-refractivity contribution in [1.29, 1.82) is 0 Å². The Bertz CT molecular complexity index is 1040. The molecule has 29 heavy (non-hydrogen) atoms. The Morgan fingerprint density at radius 3 is 2.24 bits per heavy atom. The van der Waals surface area contributed by atoms with E-state index >= 15 is 0 Å². The van der Waals surface area contributed by atoms with E-state index in [0.29, 0.717) is 4.90 Å².